The van der Waals surface area contributed by atoms with Gasteiger partial charge >= 0.3 is 12.1 Å². The first-order valence-corrected chi connectivity index (χ1v) is 12.3. The van der Waals surface area contributed by atoms with Gasteiger partial charge in [0.05, 0.1) is 5.54 Å². The summed E-state index contributed by atoms with van der Waals surface area (Å²) < 4.78 is 5.22. The summed E-state index contributed by atoms with van der Waals surface area (Å²) in [6.45, 7) is 8.98. The predicted molar refractivity (Wildman–Crippen MR) is 141 cm³/mol. The van der Waals surface area contributed by atoms with Crippen molar-refractivity contribution in [3.63, 3.8) is 0 Å². The van der Waals surface area contributed by atoms with Crippen LogP contribution in [0, 0.1) is 11.8 Å². The predicted octanol–water partition coefficient (Wildman–Crippen LogP) is 3.82. The molecule has 1 saturated carbocycles. The van der Waals surface area contributed by atoms with E-state index in [1.807, 2.05) is 12.1 Å². The van der Waals surface area contributed by atoms with Gasteiger partial charge in [-0.15, -0.1) is 0 Å². The molecular weight excluding hydrogens is 470 g/mol. The number of benzene rings is 2. The first-order chi connectivity index (χ1) is 17.3. The first kappa shape index (κ1) is 27.8. The molecule has 0 saturated heterocycles. The lowest BCUT2D eigenvalue weighted by atomic mass is 9.94. The number of carbonyl (C=O) groups is 3. The fraction of sp³-hybridized carbons (Fsp3) is 0.414. The third-order valence-electron chi connectivity index (χ3n) is 5.69. The monoisotopic (exact) mass is 505 g/mol. The highest BCUT2D eigenvalue weighted by Gasteiger charge is 2.39. The molecular formula is C29H35N3O5. The van der Waals surface area contributed by atoms with Crippen molar-refractivity contribution in [2.45, 2.75) is 77.2 Å². The van der Waals surface area contributed by atoms with E-state index in [0.29, 0.717) is 6.04 Å². The molecule has 0 heterocycles. The minimum absolute atomic E-state index is 0.275. The fourth-order valence-corrected chi connectivity index (χ4v) is 3.51. The van der Waals surface area contributed by atoms with Crippen LogP contribution in [-0.2, 0) is 16.1 Å². The first-order valence-electron chi connectivity index (χ1n) is 12.3. The molecule has 196 valence electrons. The van der Waals surface area contributed by atoms with E-state index < -0.39 is 35.2 Å². The molecule has 2 aromatic rings. The van der Waals surface area contributed by atoms with Gasteiger partial charge in [0.15, 0.2) is 0 Å². The molecule has 8 nitrogen and oxygen atoms in total. The van der Waals surface area contributed by atoms with Crippen LogP contribution in [0.1, 0.15) is 74.5 Å². The zero-order valence-electron chi connectivity index (χ0n) is 22.0. The molecule has 1 aliphatic carbocycles. The fourth-order valence-electron chi connectivity index (χ4n) is 3.51. The zero-order chi connectivity index (χ0) is 27.2. The second-order valence-corrected chi connectivity index (χ2v) is 10.8. The van der Waals surface area contributed by atoms with Gasteiger partial charge in [0, 0.05) is 29.3 Å². The molecule has 0 radical (unpaired) electrons. The number of carboxylic acid groups (broad SMARTS) is 1. The van der Waals surface area contributed by atoms with E-state index in [2.05, 4.69) is 39.9 Å². The van der Waals surface area contributed by atoms with Crippen molar-refractivity contribution < 1.29 is 24.2 Å². The summed E-state index contributed by atoms with van der Waals surface area (Å²) in [6.07, 6.45) is 1.74. The van der Waals surface area contributed by atoms with Gasteiger partial charge in [0.1, 0.15) is 11.6 Å². The minimum Gasteiger partial charge on any atom is -0.480 e. The molecule has 0 spiro atoms. The SMILES string of the molecule is CC(C)(C)OC(=O)NC(C)(C)C(NC(=O)c1ccc(C#Cc2ccc(CNC3CC3)cc2)cc1)C(=O)O. The number of amides is 2. The van der Waals surface area contributed by atoms with Crippen LogP contribution in [0.3, 0.4) is 0 Å². The highest BCUT2D eigenvalue weighted by Crippen LogP contribution is 2.19. The largest absolute Gasteiger partial charge is 0.480 e. The average Bonchev–Trinajstić information content (AvgIpc) is 3.63. The molecule has 2 amide bonds. The Kier molecular flexibility index (Phi) is 8.61. The van der Waals surface area contributed by atoms with Crippen LogP contribution >= 0.6 is 0 Å². The molecule has 37 heavy (non-hydrogen) atoms. The molecule has 3 rings (SSSR count). The maximum Gasteiger partial charge on any atom is 0.408 e. The number of nitrogens with one attached hydrogen (secondary N) is 3. The third kappa shape index (κ3) is 8.96. The Morgan fingerprint density at radius 3 is 1.97 bits per heavy atom. The average molecular weight is 506 g/mol. The van der Waals surface area contributed by atoms with E-state index in [9.17, 15) is 19.5 Å². The standard InChI is InChI=1S/C29H35N3O5/c1-28(2,3)37-27(36)32-29(4,5)24(26(34)35)31-25(33)22-14-12-20(13-15-22)7-6-19-8-10-21(11-9-19)18-30-23-16-17-23/h8-15,23-24,30H,16-18H2,1-5H3,(H,31,33)(H,32,36)(H,34,35). The lowest BCUT2D eigenvalue weighted by Crippen LogP contribution is -2.62. The van der Waals surface area contributed by atoms with E-state index in [-0.39, 0.29) is 5.56 Å². The topological polar surface area (TPSA) is 117 Å². The van der Waals surface area contributed by atoms with Gasteiger partial charge in [0.2, 0.25) is 0 Å². The van der Waals surface area contributed by atoms with E-state index in [4.69, 9.17) is 4.74 Å². The minimum atomic E-state index is -1.39. The Morgan fingerprint density at radius 2 is 1.49 bits per heavy atom. The normalized spacial score (nSPS) is 14.1. The summed E-state index contributed by atoms with van der Waals surface area (Å²) in [5.41, 5.74) is 1.04. The Bertz CT molecular complexity index is 1180. The van der Waals surface area contributed by atoms with Crippen molar-refractivity contribution in [1.82, 2.24) is 16.0 Å². The van der Waals surface area contributed by atoms with Gasteiger partial charge in [0.25, 0.3) is 5.91 Å². The van der Waals surface area contributed by atoms with Crippen molar-refractivity contribution in [2.24, 2.45) is 0 Å². The van der Waals surface area contributed by atoms with Crippen LogP contribution in [0.2, 0.25) is 0 Å². The Labute approximate surface area is 218 Å². The van der Waals surface area contributed by atoms with Crippen molar-refractivity contribution in [3.8, 4) is 11.8 Å². The molecule has 0 bridgehead atoms. The zero-order valence-corrected chi connectivity index (χ0v) is 22.0. The Morgan fingerprint density at radius 1 is 0.946 bits per heavy atom. The second kappa shape index (κ2) is 11.5. The van der Waals surface area contributed by atoms with Gasteiger partial charge in [-0.2, -0.15) is 0 Å². The number of carboxylic acids is 1. The highest BCUT2D eigenvalue weighted by molar-refractivity contribution is 5.97. The lowest BCUT2D eigenvalue weighted by molar-refractivity contribution is -0.141. The Hall–Kier alpha value is -3.83. The number of ether oxygens (including phenoxy) is 1. The molecule has 1 atom stereocenters. The van der Waals surface area contributed by atoms with E-state index >= 15 is 0 Å². The molecule has 8 heteroatoms. The summed E-state index contributed by atoms with van der Waals surface area (Å²) in [5, 5.41) is 18.2. The number of alkyl carbamates (subject to hydrolysis) is 1. The molecule has 4 N–H and O–H groups in total. The number of carbonyl (C=O) groups excluding carboxylic acids is 2. The smallest absolute Gasteiger partial charge is 0.408 e. The lowest BCUT2D eigenvalue weighted by Gasteiger charge is -2.33. The van der Waals surface area contributed by atoms with E-state index in [1.165, 1.54) is 32.3 Å². The molecule has 2 aromatic carbocycles. The Balaban J connectivity index is 1.60. The number of aliphatic carboxylic acids is 1. The molecule has 1 fully saturated rings. The molecule has 1 aliphatic rings. The third-order valence-corrected chi connectivity index (χ3v) is 5.69. The van der Waals surface area contributed by atoms with Crippen LogP contribution in [0.25, 0.3) is 0 Å². The van der Waals surface area contributed by atoms with Crippen molar-refractivity contribution in [2.75, 3.05) is 0 Å². The van der Waals surface area contributed by atoms with Gasteiger partial charge in [-0.1, -0.05) is 24.0 Å². The van der Waals surface area contributed by atoms with Crippen molar-refractivity contribution in [3.05, 3.63) is 70.8 Å². The summed E-state index contributed by atoms with van der Waals surface area (Å²) in [4.78, 5) is 36.9. The van der Waals surface area contributed by atoms with Crippen LogP contribution in [0.4, 0.5) is 4.79 Å². The van der Waals surface area contributed by atoms with E-state index in [0.717, 1.165) is 17.7 Å². The van der Waals surface area contributed by atoms with E-state index in [1.54, 1.807) is 45.0 Å². The number of hydrogen-bond donors (Lipinski definition) is 4. The molecule has 0 aromatic heterocycles. The van der Waals surface area contributed by atoms with Gasteiger partial charge < -0.3 is 25.8 Å². The maximum atomic E-state index is 12.8. The summed E-state index contributed by atoms with van der Waals surface area (Å²) >= 11 is 0. The number of rotatable bonds is 8. The number of hydrogen-bond acceptors (Lipinski definition) is 5. The van der Waals surface area contributed by atoms with Crippen LogP contribution in [0.5, 0.6) is 0 Å². The summed E-state index contributed by atoms with van der Waals surface area (Å²) in [5.74, 6) is 4.32. The van der Waals surface area contributed by atoms with Crippen molar-refractivity contribution >= 4 is 18.0 Å². The van der Waals surface area contributed by atoms with Crippen LogP contribution in [0.15, 0.2) is 48.5 Å². The van der Waals surface area contributed by atoms with Gasteiger partial charge in [-0.25, -0.2) is 9.59 Å². The highest BCUT2D eigenvalue weighted by atomic mass is 16.6. The summed E-state index contributed by atoms with van der Waals surface area (Å²) in [7, 11) is 0. The van der Waals surface area contributed by atoms with Crippen LogP contribution < -0.4 is 16.0 Å². The summed E-state index contributed by atoms with van der Waals surface area (Å²) in [6, 6.07) is 13.9. The van der Waals surface area contributed by atoms with Gasteiger partial charge in [-0.3, -0.25) is 4.79 Å². The second-order valence-electron chi connectivity index (χ2n) is 10.8. The van der Waals surface area contributed by atoms with Crippen molar-refractivity contribution in [1.29, 1.82) is 0 Å². The maximum absolute atomic E-state index is 12.8. The quantitative estimate of drug-likeness (QED) is 0.405. The molecule has 0 aliphatic heterocycles. The molecule has 1 unspecified atom stereocenters. The van der Waals surface area contributed by atoms with Crippen LogP contribution in [-0.4, -0.2) is 46.3 Å². The van der Waals surface area contributed by atoms with Gasteiger partial charge in [-0.05, 0) is 89.4 Å².